The molecule has 1 aromatic heterocycles. The van der Waals surface area contributed by atoms with Crippen molar-refractivity contribution in [3.05, 3.63) is 12.4 Å². The summed E-state index contributed by atoms with van der Waals surface area (Å²) in [6, 6.07) is 0. The molecule has 1 heterocycles. The van der Waals surface area contributed by atoms with Crippen LogP contribution in [0.25, 0.3) is 0 Å². The van der Waals surface area contributed by atoms with Crippen molar-refractivity contribution in [3.8, 4) is 0 Å². The summed E-state index contributed by atoms with van der Waals surface area (Å²) in [5, 5.41) is 7.64. The Balaban J connectivity index is 0.000000360. The van der Waals surface area contributed by atoms with Crippen molar-refractivity contribution in [2.45, 2.75) is 24.8 Å². The van der Waals surface area contributed by atoms with Crippen molar-refractivity contribution in [2.24, 2.45) is 5.92 Å². The van der Waals surface area contributed by atoms with Gasteiger partial charge in [0.2, 0.25) is 0 Å². The van der Waals surface area contributed by atoms with E-state index in [-0.39, 0.29) is 35.5 Å². The van der Waals surface area contributed by atoms with Gasteiger partial charge < -0.3 is 23.7 Å². The molecule has 1 aromatic rings. The van der Waals surface area contributed by atoms with Crippen LogP contribution in [0.1, 0.15) is 19.3 Å². The summed E-state index contributed by atoms with van der Waals surface area (Å²) in [5.41, 5.74) is 0.400. The zero-order valence-electron chi connectivity index (χ0n) is 6.70. The average molecular weight is 194 g/mol. The Kier molecular flexibility index (Phi) is 2.71. The van der Waals surface area contributed by atoms with Crippen molar-refractivity contribution in [2.75, 3.05) is 0 Å². The minimum absolute atomic E-state index is 0. The van der Waals surface area contributed by atoms with Crippen molar-refractivity contribution in [1.82, 2.24) is 15.0 Å². The van der Waals surface area contributed by atoms with E-state index >= 15 is 0 Å². The molecule has 0 aliphatic heterocycles. The first-order chi connectivity index (χ1) is 4.89. The number of nitrogens with zero attached hydrogens (tertiary/aromatic N) is 3. The van der Waals surface area contributed by atoms with Crippen LogP contribution in [0.5, 0.6) is 0 Å². The molecule has 3 aliphatic rings. The fraction of sp³-hybridized carbons (Fsp3) is 0.714. The van der Waals surface area contributed by atoms with Crippen molar-refractivity contribution in [1.29, 1.82) is 0 Å². The molecule has 0 spiro atoms. The van der Waals surface area contributed by atoms with E-state index in [9.17, 15) is 0 Å². The van der Waals surface area contributed by atoms with Crippen LogP contribution < -0.4 is 12.4 Å². The Morgan fingerprint density at radius 1 is 1.42 bits per heavy atom. The molecule has 12 heavy (non-hydrogen) atoms. The van der Waals surface area contributed by atoms with Gasteiger partial charge in [-0.3, -0.25) is 4.68 Å². The fourth-order valence-electron chi connectivity index (χ4n) is 2.13. The normalized spacial score (nSPS) is 35.2. The third kappa shape index (κ3) is 1.08. The molecule has 0 radical (unpaired) electrons. The molecule has 3 aliphatic carbocycles. The van der Waals surface area contributed by atoms with Crippen LogP contribution >= 0.6 is 0 Å². The maximum Gasteiger partial charge on any atom is 2.00 e. The van der Waals surface area contributed by atoms with Gasteiger partial charge in [-0.2, -0.15) is 0 Å². The number of aromatic nitrogens is 3. The van der Waals surface area contributed by atoms with E-state index in [2.05, 4.69) is 16.5 Å². The van der Waals surface area contributed by atoms with Gasteiger partial charge in [-0.25, -0.2) is 0 Å². The summed E-state index contributed by atoms with van der Waals surface area (Å²) < 4.78 is 1.98. The number of rotatable bonds is 1. The first-order valence-corrected chi connectivity index (χ1v) is 3.68. The van der Waals surface area contributed by atoms with Gasteiger partial charge in [-0.05, 0) is 25.2 Å². The molecular weight excluding hydrogens is 186 g/mol. The Morgan fingerprint density at radius 2 is 2.08 bits per heavy atom. The molecule has 0 aromatic carbocycles. The molecule has 0 unspecified atom stereocenters. The first kappa shape index (κ1) is 10.3. The molecule has 0 N–H and O–H groups in total. The molecule has 5 heteroatoms. The Bertz CT molecular complexity index is 245. The number of hydrogen-bond acceptors (Lipinski definition) is 2. The van der Waals surface area contributed by atoms with E-state index in [0.717, 1.165) is 5.92 Å². The standard InChI is InChI=1S/C7H8N3.ClH.Mg/c1-2-10(9-8-1)7-3-6(4-7)5-7;;/h2,6H,3-5H2;1H;/q-1;;+2/p-1. The minimum atomic E-state index is 0. The van der Waals surface area contributed by atoms with E-state index in [1.165, 1.54) is 19.3 Å². The second-order valence-corrected chi connectivity index (χ2v) is 3.49. The van der Waals surface area contributed by atoms with Crippen LogP contribution in [0.3, 0.4) is 0 Å². The predicted molar refractivity (Wildman–Crippen MR) is 39.9 cm³/mol. The predicted octanol–water partition coefficient (Wildman–Crippen LogP) is -2.79. The van der Waals surface area contributed by atoms with Crippen LogP contribution in [0, 0.1) is 12.1 Å². The van der Waals surface area contributed by atoms with Crippen LogP contribution in [0.2, 0.25) is 0 Å². The van der Waals surface area contributed by atoms with Crippen molar-refractivity contribution in [3.63, 3.8) is 0 Å². The molecule has 3 saturated carbocycles. The molecule has 0 saturated heterocycles. The van der Waals surface area contributed by atoms with E-state index in [1.54, 1.807) is 0 Å². The molecule has 4 rings (SSSR count). The maximum atomic E-state index is 3.96. The quantitative estimate of drug-likeness (QED) is 0.357. The zero-order chi connectivity index (χ0) is 6.60. The fourth-order valence-corrected chi connectivity index (χ4v) is 2.13. The topological polar surface area (TPSA) is 30.7 Å². The third-order valence-corrected chi connectivity index (χ3v) is 2.87. The largest absolute Gasteiger partial charge is 2.00 e. The van der Waals surface area contributed by atoms with Crippen molar-refractivity contribution >= 4 is 23.1 Å². The first-order valence-electron chi connectivity index (χ1n) is 3.68. The van der Waals surface area contributed by atoms with E-state index < -0.39 is 0 Å². The number of halogens is 1. The van der Waals surface area contributed by atoms with Gasteiger partial charge in [-0.1, -0.05) is 0 Å². The van der Waals surface area contributed by atoms with Gasteiger partial charge in [0, 0.05) is 0 Å². The molecular formula is C7H8ClMgN3. The summed E-state index contributed by atoms with van der Waals surface area (Å²) in [7, 11) is 0. The molecule has 0 amide bonds. The van der Waals surface area contributed by atoms with Crippen LogP contribution in [-0.2, 0) is 5.54 Å². The van der Waals surface area contributed by atoms with E-state index in [1.807, 2.05) is 10.9 Å². The molecule has 2 bridgehead atoms. The summed E-state index contributed by atoms with van der Waals surface area (Å²) in [5.74, 6) is 1.00. The molecule has 3 fully saturated rings. The van der Waals surface area contributed by atoms with Crippen LogP contribution in [0.15, 0.2) is 6.20 Å². The number of hydrogen-bond donors (Lipinski definition) is 0. The van der Waals surface area contributed by atoms with Crippen LogP contribution in [0.4, 0.5) is 0 Å². The molecule has 3 nitrogen and oxygen atoms in total. The second-order valence-electron chi connectivity index (χ2n) is 3.49. The summed E-state index contributed by atoms with van der Waals surface area (Å²) in [4.78, 5) is 0. The van der Waals surface area contributed by atoms with Gasteiger partial charge >= 0.3 is 23.1 Å². The van der Waals surface area contributed by atoms with Gasteiger partial charge in [0.05, 0.1) is 5.54 Å². The average Bonchev–Trinajstić information content (AvgIpc) is 2.06. The summed E-state index contributed by atoms with van der Waals surface area (Å²) in [6.07, 6.45) is 8.56. The molecule has 0 atom stereocenters. The summed E-state index contributed by atoms with van der Waals surface area (Å²) >= 11 is 0. The monoisotopic (exact) mass is 193 g/mol. The second kappa shape index (κ2) is 3.16. The van der Waals surface area contributed by atoms with Crippen molar-refractivity contribution < 1.29 is 12.4 Å². The van der Waals surface area contributed by atoms with Crippen LogP contribution in [-0.4, -0.2) is 38.0 Å². The zero-order valence-corrected chi connectivity index (χ0v) is 8.87. The van der Waals surface area contributed by atoms with Gasteiger partial charge in [0.25, 0.3) is 0 Å². The SMILES string of the molecule is [Cl-].[Mg+2].[c-]1cn(C23CC(C2)C3)nn1. The van der Waals surface area contributed by atoms with E-state index in [0.29, 0.717) is 5.54 Å². The molecule has 60 valence electrons. The van der Waals surface area contributed by atoms with Gasteiger partial charge in [-0.15, -0.1) is 11.4 Å². The minimum Gasteiger partial charge on any atom is -1.00 e. The van der Waals surface area contributed by atoms with E-state index in [4.69, 9.17) is 0 Å². The Hall–Kier alpha value is 0.196. The smallest absolute Gasteiger partial charge is 1.00 e. The maximum absolute atomic E-state index is 3.96. The Morgan fingerprint density at radius 3 is 2.42 bits per heavy atom. The van der Waals surface area contributed by atoms with Gasteiger partial charge in [0.1, 0.15) is 0 Å². The van der Waals surface area contributed by atoms with Gasteiger partial charge in [0.15, 0.2) is 0 Å². The third-order valence-electron chi connectivity index (χ3n) is 2.87. The Labute approximate surface area is 93.5 Å². The summed E-state index contributed by atoms with van der Waals surface area (Å²) in [6.45, 7) is 0.